The Hall–Kier alpha value is -2.42. The van der Waals surface area contributed by atoms with Gasteiger partial charge in [-0.05, 0) is 53.6 Å². The predicted octanol–water partition coefficient (Wildman–Crippen LogP) is 3.30. The fraction of sp³-hybridized carbons (Fsp3) is 0.364. The van der Waals surface area contributed by atoms with Gasteiger partial charge < -0.3 is 4.90 Å². The van der Waals surface area contributed by atoms with E-state index < -0.39 is 0 Å². The lowest BCUT2D eigenvalue weighted by atomic mass is 9.88. The van der Waals surface area contributed by atoms with Gasteiger partial charge in [-0.1, -0.05) is 30.3 Å². The summed E-state index contributed by atoms with van der Waals surface area (Å²) < 4.78 is 0. The normalized spacial score (nSPS) is 24.0. The van der Waals surface area contributed by atoms with Crippen molar-refractivity contribution in [3.05, 3.63) is 70.3 Å². The fourth-order valence-corrected chi connectivity index (χ4v) is 4.98. The summed E-state index contributed by atoms with van der Waals surface area (Å²) in [4.78, 5) is 27.0. The average molecular weight is 331 g/mol. The second-order valence-corrected chi connectivity index (χ2v) is 7.59. The molecule has 3 nitrogen and oxygen atoms in total. The van der Waals surface area contributed by atoms with Gasteiger partial charge in [0.15, 0.2) is 0 Å². The number of fused-ring (bicyclic) bond motifs is 4. The topological polar surface area (TPSA) is 37.4 Å². The van der Waals surface area contributed by atoms with E-state index >= 15 is 0 Å². The SMILES string of the molecule is O=C1Cc2ccc(C(=O)N3CCCC4c5ccccc5C[C@@H]43)cc2C1. The fourth-order valence-electron chi connectivity index (χ4n) is 4.98. The number of benzene rings is 2. The van der Waals surface area contributed by atoms with Crippen LogP contribution in [0.3, 0.4) is 0 Å². The van der Waals surface area contributed by atoms with Crippen LogP contribution >= 0.6 is 0 Å². The van der Waals surface area contributed by atoms with Gasteiger partial charge in [-0.2, -0.15) is 0 Å². The highest BCUT2D eigenvalue weighted by molar-refractivity contribution is 5.96. The van der Waals surface area contributed by atoms with Crippen molar-refractivity contribution < 1.29 is 9.59 Å². The van der Waals surface area contributed by atoms with Crippen LogP contribution in [0.25, 0.3) is 0 Å². The molecule has 1 heterocycles. The summed E-state index contributed by atoms with van der Waals surface area (Å²) in [6, 6.07) is 14.8. The van der Waals surface area contributed by atoms with E-state index in [-0.39, 0.29) is 17.7 Å². The van der Waals surface area contributed by atoms with E-state index in [2.05, 4.69) is 29.2 Å². The zero-order chi connectivity index (χ0) is 17.0. The van der Waals surface area contributed by atoms with Crippen LogP contribution < -0.4 is 0 Å². The smallest absolute Gasteiger partial charge is 0.254 e. The number of hydrogen-bond donors (Lipinski definition) is 0. The van der Waals surface area contributed by atoms with Crippen molar-refractivity contribution in [2.24, 2.45) is 0 Å². The van der Waals surface area contributed by atoms with Crippen LogP contribution in [0.5, 0.6) is 0 Å². The lowest BCUT2D eigenvalue weighted by Crippen LogP contribution is -2.46. The van der Waals surface area contributed by atoms with Gasteiger partial charge in [0.2, 0.25) is 0 Å². The monoisotopic (exact) mass is 331 g/mol. The summed E-state index contributed by atoms with van der Waals surface area (Å²) in [5.74, 6) is 0.860. The number of piperidine rings is 1. The molecular weight excluding hydrogens is 310 g/mol. The molecule has 0 bridgehead atoms. The molecule has 2 aromatic rings. The minimum Gasteiger partial charge on any atom is -0.335 e. The third-order valence-corrected chi connectivity index (χ3v) is 6.15. The van der Waals surface area contributed by atoms with Crippen molar-refractivity contribution in [3.8, 4) is 0 Å². The Bertz CT molecular complexity index is 885. The Morgan fingerprint density at radius 1 is 1.00 bits per heavy atom. The van der Waals surface area contributed by atoms with Crippen molar-refractivity contribution in [2.75, 3.05) is 6.54 Å². The molecular formula is C22H21NO2. The van der Waals surface area contributed by atoms with Crippen LogP contribution in [0.1, 0.15) is 51.4 Å². The standard InChI is InChI=1S/C22H21NO2/c24-18-11-14-7-8-16(10-17(14)12-18)22(25)23-9-3-6-20-19-5-2-1-4-15(19)13-21(20)23/h1-2,4-5,7-8,10,20-21H,3,6,9,11-13H2/t20?,21-/m0/s1. The largest absolute Gasteiger partial charge is 0.335 e. The number of Topliss-reactive ketones (excluding diaryl/α,β-unsaturated/α-hetero) is 1. The first-order valence-corrected chi connectivity index (χ1v) is 9.23. The maximum Gasteiger partial charge on any atom is 0.254 e. The van der Waals surface area contributed by atoms with Gasteiger partial charge >= 0.3 is 0 Å². The summed E-state index contributed by atoms with van der Waals surface area (Å²) in [6.07, 6.45) is 4.20. The van der Waals surface area contributed by atoms with Gasteiger partial charge in [0, 0.05) is 36.9 Å². The van der Waals surface area contributed by atoms with Crippen molar-refractivity contribution in [3.63, 3.8) is 0 Å². The molecule has 0 spiro atoms. The van der Waals surface area contributed by atoms with Gasteiger partial charge in [-0.15, -0.1) is 0 Å². The quantitative estimate of drug-likeness (QED) is 0.804. The van der Waals surface area contributed by atoms with Crippen LogP contribution in [0.4, 0.5) is 0 Å². The molecule has 1 unspecified atom stereocenters. The maximum absolute atomic E-state index is 13.2. The van der Waals surface area contributed by atoms with E-state index in [0.717, 1.165) is 36.1 Å². The van der Waals surface area contributed by atoms with Crippen molar-refractivity contribution in [2.45, 2.75) is 44.1 Å². The Morgan fingerprint density at radius 2 is 1.84 bits per heavy atom. The molecule has 126 valence electrons. The molecule has 0 radical (unpaired) electrons. The summed E-state index contributed by atoms with van der Waals surface area (Å²) in [6.45, 7) is 0.837. The number of likely N-dealkylation sites (tertiary alicyclic amines) is 1. The maximum atomic E-state index is 13.2. The minimum absolute atomic E-state index is 0.129. The molecule has 0 aromatic heterocycles. The zero-order valence-electron chi connectivity index (χ0n) is 14.2. The van der Waals surface area contributed by atoms with Crippen molar-refractivity contribution >= 4 is 11.7 Å². The Kier molecular flexibility index (Phi) is 3.30. The predicted molar refractivity (Wildman–Crippen MR) is 95.8 cm³/mol. The summed E-state index contributed by atoms with van der Waals surface area (Å²) in [7, 11) is 0. The molecule has 1 amide bonds. The molecule has 1 saturated heterocycles. The van der Waals surface area contributed by atoms with Crippen LogP contribution in [-0.4, -0.2) is 29.2 Å². The summed E-state index contributed by atoms with van der Waals surface area (Å²) >= 11 is 0. The number of amides is 1. The highest BCUT2D eigenvalue weighted by Crippen LogP contribution is 2.42. The van der Waals surface area contributed by atoms with E-state index in [0.29, 0.717) is 18.8 Å². The van der Waals surface area contributed by atoms with Crippen LogP contribution in [0.2, 0.25) is 0 Å². The number of carbonyl (C=O) groups excluding carboxylic acids is 2. The molecule has 2 atom stereocenters. The lowest BCUT2D eigenvalue weighted by Gasteiger charge is -2.38. The lowest BCUT2D eigenvalue weighted by molar-refractivity contribution is -0.117. The summed E-state index contributed by atoms with van der Waals surface area (Å²) in [5, 5.41) is 0. The zero-order valence-corrected chi connectivity index (χ0v) is 14.2. The Morgan fingerprint density at radius 3 is 2.76 bits per heavy atom. The van der Waals surface area contributed by atoms with Crippen molar-refractivity contribution in [1.82, 2.24) is 4.90 Å². The van der Waals surface area contributed by atoms with E-state index in [1.54, 1.807) is 0 Å². The molecule has 0 saturated carbocycles. The third-order valence-electron chi connectivity index (χ3n) is 6.15. The number of rotatable bonds is 1. The van der Waals surface area contributed by atoms with Crippen LogP contribution in [-0.2, 0) is 24.1 Å². The number of nitrogens with zero attached hydrogens (tertiary/aromatic N) is 1. The van der Waals surface area contributed by atoms with Gasteiger partial charge in [0.1, 0.15) is 5.78 Å². The van der Waals surface area contributed by atoms with Gasteiger partial charge in [-0.25, -0.2) is 0 Å². The first-order chi connectivity index (χ1) is 12.2. The molecule has 5 rings (SSSR count). The summed E-state index contributed by atoms with van der Waals surface area (Å²) in [5.41, 5.74) is 5.71. The molecule has 1 fully saturated rings. The first kappa shape index (κ1) is 14.9. The average Bonchev–Trinajstić information content (AvgIpc) is 3.19. The Balaban J connectivity index is 1.45. The molecule has 2 aliphatic carbocycles. The molecule has 1 aliphatic heterocycles. The molecule has 3 aliphatic rings. The Labute approximate surface area is 147 Å². The van der Waals surface area contributed by atoms with E-state index in [4.69, 9.17) is 0 Å². The first-order valence-electron chi connectivity index (χ1n) is 9.23. The van der Waals surface area contributed by atoms with Crippen molar-refractivity contribution in [1.29, 1.82) is 0 Å². The second-order valence-electron chi connectivity index (χ2n) is 7.59. The highest BCUT2D eigenvalue weighted by atomic mass is 16.2. The molecule has 0 N–H and O–H groups in total. The van der Waals surface area contributed by atoms with E-state index in [1.165, 1.54) is 17.5 Å². The van der Waals surface area contributed by atoms with Gasteiger partial charge in [0.05, 0.1) is 0 Å². The molecule has 25 heavy (non-hydrogen) atoms. The highest BCUT2D eigenvalue weighted by Gasteiger charge is 2.40. The second kappa shape index (κ2) is 5.55. The number of carbonyl (C=O) groups is 2. The van der Waals surface area contributed by atoms with Crippen LogP contribution in [0.15, 0.2) is 42.5 Å². The van der Waals surface area contributed by atoms with E-state index in [9.17, 15) is 9.59 Å². The molecule has 2 aromatic carbocycles. The van der Waals surface area contributed by atoms with Crippen LogP contribution in [0, 0.1) is 0 Å². The van der Waals surface area contributed by atoms with E-state index in [1.807, 2.05) is 18.2 Å². The van der Waals surface area contributed by atoms with Gasteiger partial charge in [-0.3, -0.25) is 9.59 Å². The van der Waals surface area contributed by atoms with Gasteiger partial charge in [0.25, 0.3) is 5.91 Å². The molecule has 3 heteroatoms. The number of ketones is 1. The minimum atomic E-state index is 0.129. The number of hydrogen-bond acceptors (Lipinski definition) is 2. The third kappa shape index (κ3) is 2.33.